The van der Waals surface area contributed by atoms with E-state index in [1.807, 2.05) is 31.2 Å². The number of hydrogen-bond acceptors (Lipinski definition) is 5. The molecule has 1 aromatic carbocycles. The summed E-state index contributed by atoms with van der Waals surface area (Å²) < 4.78 is 5.61. The van der Waals surface area contributed by atoms with Crippen molar-refractivity contribution in [1.29, 1.82) is 0 Å². The first-order valence-electron chi connectivity index (χ1n) is 10.7. The van der Waals surface area contributed by atoms with Crippen LogP contribution in [0.25, 0.3) is 11.0 Å². The van der Waals surface area contributed by atoms with Crippen molar-refractivity contribution in [2.75, 3.05) is 31.1 Å². The number of amides is 2. The second-order valence-corrected chi connectivity index (χ2v) is 7.39. The monoisotopic (exact) mass is 422 g/mol. The van der Waals surface area contributed by atoms with E-state index in [1.165, 1.54) is 0 Å². The molecule has 3 aromatic rings. The lowest BCUT2D eigenvalue weighted by atomic mass is 10.0. The minimum absolute atomic E-state index is 0.254. The molecule has 2 heterocycles. The van der Waals surface area contributed by atoms with Gasteiger partial charge in [0.25, 0.3) is 0 Å². The summed E-state index contributed by atoms with van der Waals surface area (Å²) in [6, 6.07) is 9.57. The number of anilines is 1. The summed E-state index contributed by atoms with van der Waals surface area (Å²) in [5.74, 6) is 0. The van der Waals surface area contributed by atoms with Gasteiger partial charge in [0.15, 0.2) is 0 Å². The summed E-state index contributed by atoms with van der Waals surface area (Å²) in [6.07, 6.45) is 4.63. The topological polar surface area (TPSA) is 87.5 Å². The maximum absolute atomic E-state index is 12.6. The van der Waals surface area contributed by atoms with Gasteiger partial charge >= 0.3 is 11.7 Å². The summed E-state index contributed by atoms with van der Waals surface area (Å²) in [4.78, 5) is 30.8. The highest BCUT2D eigenvalue weighted by atomic mass is 16.4. The molecule has 2 aromatic heterocycles. The van der Waals surface area contributed by atoms with Crippen LogP contribution in [0.3, 0.4) is 0 Å². The molecule has 0 atom stereocenters. The molecule has 164 valence electrons. The zero-order chi connectivity index (χ0) is 22.2. The summed E-state index contributed by atoms with van der Waals surface area (Å²) in [6.45, 7) is 8.77. The number of carbonyl (C=O) groups is 1. The molecule has 0 aliphatic carbocycles. The number of urea groups is 1. The van der Waals surface area contributed by atoms with Crippen molar-refractivity contribution in [3.05, 3.63) is 69.8 Å². The molecule has 2 amide bonds. The third kappa shape index (κ3) is 5.63. The standard InChI is InChI=1S/C24H30N4O3/c1-4-28(5-2)19-8-9-20-17(3)21(23(29)31-22(20)15-19)11-14-27-24(30)26-13-10-18-7-6-12-25-16-18/h6-9,12,15-16H,4-5,10-11,13-14H2,1-3H3,(H2,26,27,30). The van der Waals surface area contributed by atoms with Crippen LogP contribution < -0.4 is 21.2 Å². The maximum atomic E-state index is 12.6. The fourth-order valence-electron chi connectivity index (χ4n) is 3.69. The molecule has 7 nitrogen and oxygen atoms in total. The Morgan fingerprint density at radius 1 is 1.10 bits per heavy atom. The number of rotatable bonds is 9. The number of carbonyl (C=O) groups excluding carboxylic acids is 1. The zero-order valence-corrected chi connectivity index (χ0v) is 18.4. The van der Waals surface area contributed by atoms with Crippen LogP contribution in [0.4, 0.5) is 10.5 Å². The number of nitrogens with one attached hydrogen (secondary N) is 2. The predicted octanol–water partition coefficient (Wildman–Crippen LogP) is 3.43. The van der Waals surface area contributed by atoms with Crippen molar-refractivity contribution in [1.82, 2.24) is 15.6 Å². The highest BCUT2D eigenvalue weighted by molar-refractivity contribution is 5.84. The molecule has 0 bridgehead atoms. The Morgan fingerprint density at radius 3 is 2.52 bits per heavy atom. The van der Waals surface area contributed by atoms with Gasteiger partial charge in [-0.1, -0.05) is 6.07 Å². The van der Waals surface area contributed by atoms with E-state index in [4.69, 9.17) is 4.42 Å². The second kappa shape index (κ2) is 10.6. The van der Waals surface area contributed by atoms with Gasteiger partial charge in [-0.2, -0.15) is 0 Å². The molecule has 7 heteroatoms. The van der Waals surface area contributed by atoms with Crippen molar-refractivity contribution < 1.29 is 9.21 Å². The summed E-state index contributed by atoms with van der Waals surface area (Å²) >= 11 is 0. The number of fused-ring (bicyclic) bond motifs is 1. The number of hydrogen-bond donors (Lipinski definition) is 2. The zero-order valence-electron chi connectivity index (χ0n) is 18.4. The molecule has 31 heavy (non-hydrogen) atoms. The van der Waals surface area contributed by atoms with E-state index < -0.39 is 0 Å². The van der Waals surface area contributed by atoms with E-state index in [-0.39, 0.29) is 11.7 Å². The Hall–Kier alpha value is -3.35. The smallest absolute Gasteiger partial charge is 0.339 e. The number of benzene rings is 1. The third-order valence-electron chi connectivity index (χ3n) is 5.48. The van der Waals surface area contributed by atoms with Gasteiger partial charge in [-0.25, -0.2) is 9.59 Å². The van der Waals surface area contributed by atoms with Gasteiger partial charge in [0, 0.05) is 61.3 Å². The van der Waals surface area contributed by atoms with Gasteiger partial charge in [-0.15, -0.1) is 0 Å². The second-order valence-electron chi connectivity index (χ2n) is 7.39. The lowest BCUT2D eigenvalue weighted by molar-refractivity contribution is 0.241. The van der Waals surface area contributed by atoms with Crippen LogP contribution in [0.15, 0.2) is 51.9 Å². The molecular formula is C24H30N4O3. The minimum atomic E-state index is -0.347. The van der Waals surface area contributed by atoms with E-state index in [2.05, 4.69) is 40.4 Å². The highest BCUT2D eigenvalue weighted by Gasteiger charge is 2.13. The quantitative estimate of drug-likeness (QED) is 0.516. The first-order chi connectivity index (χ1) is 15.0. The van der Waals surface area contributed by atoms with Gasteiger partial charge in [-0.05, 0) is 62.9 Å². The molecular weight excluding hydrogens is 392 g/mol. The molecule has 3 rings (SSSR count). The van der Waals surface area contributed by atoms with E-state index in [1.54, 1.807) is 12.4 Å². The van der Waals surface area contributed by atoms with Gasteiger partial charge in [-0.3, -0.25) is 4.98 Å². The number of aryl methyl sites for hydroxylation is 1. The van der Waals surface area contributed by atoms with Crippen molar-refractivity contribution in [2.45, 2.75) is 33.6 Å². The Balaban J connectivity index is 1.59. The molecule has 0 saturated carbocycles. The highest BCUT2D eigenvalue weighted by Crippen LogP contribution is 2.25. The lowest BCUT2D eigenvalue weighted by Gasteiger charge is -2.21. The van der Waals surface area contributed by atoms with Gasteiger partial charge in [0.05, 0.1) is 0 Å². The number of aromatic nitrogens is 1. The molecule has 0 fully saturated rings. The lowest BCUT2D eigenvalue weighted by Crippen LogP contribution is -2.38. The average Bonchev–Trinajstić information content (AvgIpc) is 2.77. The van der Waals surface area contributed by atoms with Crippen molar-refractivity contribution in [3.8, 4) is 0 Å². The predicted molar refractivity (Wildman–Crippen MR) is 124 cm³/mol. The molecule has 0 aliphatic heterocycles. The SMILES string of the molecule is CCN(CC)c1ccc2c(C)c(CCNC(=O)NCCc3cccnc3)c(=O)oc2c1. The summed E-state index contributed by atoms with van der Waals surface area (Å²) in [7, 11) is 0. The Morgan fingerprint density at radius 2 is 1.84 bits per heavy atom. The van der Waals surface area contributed by atoms with E-state index >= 15 is 0 Å². The number of nitrogens with zero attached hydrogens (tertiary/aromatic N) is 2. The molecule has 0 unspecified atom stereocenters. The molecule has 0 aliphatic rings. The first kappa shape index (κ1) is 22.3. The van der Waals surface area contributed by atoms with E-state index in [0.29, 0.717) is 37.1 Å². The van der Waals surface area contributed by atoms with Gasteiger partial charge in [0.2, 0.25) is 0 Å². The summed E-state index contributed by atoms with van der Waals surface area (Å²) in [5, 5.41) is 6.55. The van der Waals surface area contributed by atoms with Crippen LogP contribution in [-0.2, 0) is 12.8 Å². The first-order valence-corrected chi connectivity index (χ1v) is 10.7. The fraction of sp³-hybridized carbons (Fsp3) is 0.375. The minimum Gasteiger partial charge on any atom is -0.422 e. The average molecular weight is 423 g/mol. The number of pyridine rings is 1. The van der Waals surface area contributed by atoms with E-state index in [9.17, 15) is 9.59 Å². The van der Waals surface area contributed by atoms with Crippen LogP contribution in [0.1, 0.15) is 30.5 Å². The van der Waals surface area contributed by atoms with Gasteiger partial charge in [0.1, 0.15) is 5.58 Å². The summed E-state index contributed by atoms with van der Waals surface area (Å²) in [5.41, 5.74) is 3.85. The van der Waals surface area contributed by atoms with Crippen LogP contribution in [0, 0.1) is 6.92 Å². The Kier molecular flexibility index (Phi) is 7.65. The third-order valence-corrected chi connectivity index (χ3v) is 5.48. The Labute approximate surface area is 182 Å². The molecule has 2 N–H and O–H groups in total. The van der Waals surface area contributed by atoms with Crippen LogP contribution in [0.2, 0.25) is 0 Å². The van der Waals surface area contributed by atoms with Crippen molar-refractivity contribution in [2.24, 2.45) is 0 Å². The fourth-order valence-corrected chi connectivity index (χ4v) is 3.69. The normalized spacial score (nSPS) is 10.8. The van der Waals surface area contributed by atoms with Crippen LogP contribution in [-0.4, -0.2) is 37.2 Å². The largest absolute Gasteiger partial charge is 0.422 e. The molecule has 0 saturated heterocycles. The molecule has 0 radical (unpaired) electrons. The van der Waals surface area contributed by atoms with Crippen molar-refractivity contribution >= 4 is 22.7 Å². The molecule has 0 spiro atoms. The van der Waals surface area contributed by atoms with Crippen molar-refractivity contribution in [3.63, 3.8) is 0 Å². The Bertz CT molecular complexity index is 1080. The van der Waals surface area contributed by atoms with Gasteiger partial charge < -0.3 is 20.0 Å². The van der Waals surface area contributed by atoms with Crippen LogP contribution >= 0.6 is 0 Å². The van der Waals surface area contributed by atoms with Crippen LogP contribution in [0.5, 0.6) is 0 Å². The van der Waals surface area contributed by atoms with E-state index in [0.717, 1.165) is 35.3 Å². The maximum Gasteiger partial charge on any atom is 0.339 e.